The van der Waals surface area contributed by atoms with Crippen LogP contribution in [0, 0.1) is 6.92 Å². The molecule has 1 aromatic carbocycles. The predicted molar refractivity (Wildman–Crippen MR) is 98.9 cm³/mol. The van der Waals surface area contributed by atoms with E-state index in [0.29, 0.717) is 25.5 Å². The van der Waals surface area contributed by atoms with E-state index in [2.05, 4.69) is 11.0 Å². The lowest BCUT2D eigenvalue weighted by Crippen LogP contribution is -2.48. The second-order valence-electron chi connectivity index (χ2n) is 5.99. The Morgan fingerprint density at radius 3 is 2.60 bits per heavy atom. The Bertz CT molecular complexity index is 743. The van der Waals surface area contributed by atoms with Gasteiger partial charge in [0, 0.05) is 32.3 Å². The Morgan fingerprint density at radius 1 is 1.16 bits per heavy atom. The molecule has 0 N–H and O–H groups in total. The fourth-order valence-corrected chi connectivity index (χ4v) is 2.97. The van der Waals surface area contributed by atoms with Crippen LogP contribution in [0.15, 0.2) is 46.9 Å². The zero-order valence-electron chi connectivity index (χ0n) is 14.8. The monoisotopic (exact) mass is 340 g/mol. The molecule has 0 radical (unpaired) electrons. The molecule has 25 heavy (non-hydrogen) atoms. The number of amides is 1. The van der Waals surface area contributed by atoms with Gasteiger partial charge >= 0.3 is 0 Å². The third-order valence-electron chi connectivity index (χ3n) is 4.25. The number of hydrogen-bond acceptors (Lipinski definition) is 4. The zero-order valence-corrected chi connectivity index (χ0v) is 14.8. The van der Waals surface area contributed by atoms with Crippen molar-refractivity contribution in [2.75, 3.05) is 37.7 Å². The molecule has 0 aliphatic carbocycles. The van der Waals surface area contributed by atoms with Gasteiger partial charge in [0.05, 0.1) is 12.3 Å². The normalized spacial score (nSPS) is 15.0. The van der Waals surface area contributed by atoms with Gasteiger partial charge in [0.2, 0.25) is 5.91 Å². The van der Waals surface area contributed by atoms with E-state index in [0.717, 1.165) is 30.3 Å². The zero-order chi connectivity index (χ0) is 17.6. The average Bonchev–Trinajstić information content (AvgIpc) is 3.06. The van der Waals surface area contributed by atoms with Crippen LogP contribution in [0.25, 0.3) is 6.08 Å². The molecular weight excluding hydrogens is 316 g/mol. The summed E-state index contributed by atoms with van der Waals surface area (Å²) in [6.07, 6.45) is 3.31. The number of rotatable bonds is 5. The van der Waals surface area contributed by atoms with Gasteiger partial charge in [-0.1, -0.05) is 12.1 Å². The molecule has 1 amide bonds. The number of piperazine rings is 1. The number of anilines is 1. The van der Waals surface area contributed by atoms with Gasteiger partial charge < -0.3 is 19.0 Å². The molecule has 5 nitrogen and oxygen atoms in total. The molecule has 0 saturated carbocycles. The van der Waals surface area contributed by atoms with E-state index >= 15 is 0 Å². The molecule has 3 rings (SSSR count). The average molecular weight is 340 g/mol. The minimum absolute atomic E-state index is 0.0202. The number of benzene rings is 1. The summed E-state index contributed by atoms with van der Waals surface area (Å²) in [4.78, 5) is 16.5. The van der Waals surface area contributed by atoms with E-state index in [-0.39, 0.29) is 5.91 Å². The van der Waals surface area contributed by atoms with Crippen LogP contribution in [-0.4, -0.2) is 43.6 Å². The molecule has 0 atom stereocenters. The Kier molecular flexibility index (Phi) is 5.43. The Labute approximate surface area is 148 Å². The fraction of sp³-hybridized carbons (Fsp3) is 0.350. The van der Waals surface area contributed by atoms with Crippen molar-refractivity contribution in [3.63, 3.8) is 0 Å². The van der Waals surface area contributed by atoms with Crippen LogP contribution in [0.4, 0.5) is 5.69 Å². The van der Waals surface area contributed by atoms with E-state index in [1.54, 1.807) is 12.2 Å². The second-order valence-corrected chi connectivity index (χ2v) is 5.99. The predicted octanol–water partition coefficient (Wildman–Crippen LogP) is 3.35. The maximum absolute atomic E-state index is 12.3. The van der Waals surface area contributed by atoms with E-state index in [1.807, 2.05) is 49.1 Å². The van der Waals surface area contributed by atoms with Crippen LogP contribution in [0.1, 0.15) is 18.4 Å². The molecule has 1 saturated heterocycles. The van der Waals surface area contributed by atoms with Crippen molar-refractivity contribution in [3.8, 4) is 5.75 Å². The maximum atomic E-state index is 12.3. The minimum Gasteiger partial charge on any atom is -0.492 e. The van der Waals surface area contributed by atoms with Crippen molar-refractivity contribution >= 4 is 17.7 Å². The van der Waals surface area contributed by atoms with Gasteiger partial charge in [-0.3, -0.25) is 4.79 Å². The number of carbonyl (C=O) groups excluding carboxylic acids is 1. The lowest BCUT2D eigenvalue weighted by Gasteiger charge is -2.36. The van der Waals surface area contributed by atoms with Gasteiger partial charge in [0.1, 0.15) is 17.3 Å². The van der Waals surface area contributed by atoms with Crippen LogP contribution in [0.2, 0.25) is 0 Å². The molecular formula is C20H24N2O3. The Hall–Kier alpha value is -2.69. The van der Waals surface area contributed by atoms with E-state index in [9.17, 15) is 4.79 Å². The highest BCUT2D eigenvalue weighted by Gasteiger charge is 2.21. The quantitative estimate of drug-likeness (QED) is 0.783. The van der Waals surface area contributed by atoms with Crippen LogP contribution in [-0.2, 0) is 4.79 Å². The van der Waals surface area contributed by atoms with Crippen LogP contribution in [0.5, 0.6) is 5.75 Å². The summed E-state index contributed by atoms with van der Waals surface area (Å²) in [5, 5.41) is 0. The smallest absolute Gasteiger partial charge is 0.246 e. The van der Waals surface area contributed by atoms with Crippen LogP contribution < -0.4 is 9.64 Å². The van der Waals surface area contributed by atoms with Gasteiger partial charge in [-0.25, -0.2) is 0 Å². The first kappa shape index (κ1) is 17.1. The molecule has 2 aromatic rings. The van der Waals surface area contributed by atoms with Crippen LogP contribution in [0.3, 0.4) is 0 Å². The summed E-state index contributed by atoms with van der Waals surface area (Å²) in [5.74, 6) is 2.47. The third-order valence-corrected chi connectivity index (χ3v) is 4.25. The molecule has 0 spiro atoms. The molecule has 132 valence electrons. The van der Waals surface area contributed by atoms with Crippen molar-refractivity contribution in [1.29, 1.82) is 0 Å². The summed E-state index contributed by atoms with van der Waals surface area (Å²) in [6, 6.07) is 11.8. The lowest BCUT2D eigenvalue weighted by atomic mass is 10.2. The van der Waals surface area contributed by atoms with Gasteiger partial charge in [0.15, 0.2) is 0 Å². The molecule has 1 aromatic heterocycles. The number of aryl methyl sites for hydroxylation is 1. The number of furan rings is 1. The van der Waals surface area contributed by atoms with Crippen molar-refractivity contribution in [3.05, 3.63) is 54.0 Å². The van der Waals surface area contributed by atoms with Crippen molar-refractivity contribution in [2.24, 2.45) is 0 Å². The molecule has 1 fully saturated rings. The SMILES string of the molecule is CCOc1ccccc1N1CCN(C(=O)/C=C/c2ccc(C)o2)CC1. The first-order valence-corrected chi connectivity index (χ1v) is 8.67. The summed E-state index contributed by atoms with van der Waals surface area (Å²) in [7, 11) is 0. The maximum Gasteiger partial charge on any atom is 0.246 e. The summed E-state index contributed by atoms with van der Waals surface area (Å²) in [6.45, 7) is 7.50. The Balaban J connectivity index is 1.58. The van der Waals surface area contributed by atoms with Gasteiger partial charge in [-0.05, 0) is 44.2 Å². The molecule has 1 aliphatic heterocycles. The number of hydrogen-bond donors (Lipinski definition) is 0. The number of ether oxygens (including phenoxy) is 1. The molecule has 0 bridgehead atoms. The van der Waals surface area contributed by atoms with Gasteiger partial charge in [-0.2, -0.15) is 0 Å². The summed E-state index contributed by atoms with van der Waals surface area (Å²) >= 11 is 0. The summed E-state index contributed by atoms with van der Waals surface area (Å²) < 4.78 is 11.2. The molecule has 5 heteroatoms. The van der Waals surface area contributed by atoms with Crippen LogP contribution >= 0.6 is 0 Å². The second kappa shape index (κ2) is 7.92. The van der Waals surface area contributed by atoms with Gasteiger partial charge in [-0.15, -0.1) is 0 Å². The van der Waals surface area contributed by atoms with E-state index in [4.69, 9.17) is 9.15 Å². The third kappa shape index (κ3) is 4.24. The Morgan fingerprint density at radius 2 is 1.92 bits per heavy atom. The molecule has 1 aliphatic rings. The van der Waals surface area contributed by atoms with Gasteiger partial charge in [0.25, 0.3) is 0 Å². The molecule has 2 heterocycles. The fourth-order valence-electron chi connectivity index (χ4n) is 2.97. The first-order valence-electron chi connectivity index (χ1n) is 8.67. The topological polar surface area (TPSA) is 45.9 Å². The van der Waals surface area contributed by atoms with E-state index in [1.165, 1.54) is 0 Å². The highest BCUT2D eigenvalue weighted by molar-refractivity contribution is 5.91. The van der Waals surface area contributed by atoms with Crippen molar-refractivity contribution < 1.29 is 13.9 Å². The highest BCUT2D eigenvalue weighted by Crippen LogP contribution is 2.28. The van der Waals surface area contributed by atoms with Crippen molar-refractivity contribution in [1.82, 2.24) is 4.90 Å². The lowest BCUT2D eigenvalue weighted by molar-refractivity contribution is -0.126. The standard InChI is InChI=1S/C20H24N2O3/c1-3-24-19-7-5-4-6-18(19)21-12-14-22(15-13-21)20(23)11-10-17-9-8-16(2)25-17/h4-11H,3,12-15H2,1-2H3/b11-10+. The van der Waals surface area contributed by atoms with E-state index < -0.39 is 0 Å². The summed E-state index contributed by atoms with van der Waals surface area (Å²) in [5.41, 5.74) is 1.10. The number of nitrogens with zero attached hydrogens (tertiary/aromatic N) is 2. The molecule has 0 unspecified atom stereocenters. The minimum atomic E-state index is 0.0202. The first-order chi connectivity index (χ1) is 12.2. The highest BCUT2D eigenvalue weighted by atomic mass is 16.5. The number of carbonyl (C=O) groups is 1. The number of para-hydroxylation sites is 2. The van der Waals surface area contributed by atoms with Crippen molar-refractivity contribution in [2.45, 2.75) is 13.8 Å². The largest absolute Gasteiger partial charge is 0.492 e.